The molecule has 21 heavy (non-hydrogen) atoms. The van der Waals surface area contributed by atoms with Crippen LogP contribution >= 0.6 is 0 Å². The van der Waals surface area contributed by atoms with E-state index < -0.39 is 0 Å². The van der Waals surface area contributed by atoms with Gasteiger partial charge in [-0.3, -0.25) is 0 Å². The van der Waals surface area contributed by atoms with Crippen LogP contribution in [0.3, 0.4) is 0 Å². The summed E-state index contributed by atoms with van der Waals surface area (Å²) >= 11 is 0. The molecule has 116 valence electrons. The van der Waals surface area contributed by atoms with Crippen molar-refractivity contribution in [1.29, 1.82) is 0 Å². The van der Waals surface area contributed by atoms with Crippen molar-refractivity contribution < 1.29 is 4.74 Å². The van der Waals surface area contributed by atoms with E-state index in [0.717, 1.165) is 37.8 Å². The molecule has 0 unspecified atom stereocenters. The standard InChI is InChI=1S/C16H26N4O/c1-2-3-9-19-16(17)20-12-13-8-10-18-15(11-13)21-14-6-4-5-7-14/h8,10-11,14H,2-7,9,12H2,1H3,(H3,17,19,20). The fourth-order valence-corrected chi connectivity index (χ4v) is 2.42. The molecule has 0 aromatic carbocycles. The van der Waals surface area contributed by atoms with Crippen molar-refractivity contribution in [3.05, 3.63) is 23.9 Å². The Kier molecular flexibility index (Phi) is 6.31. The van der Waals surface area contributed by atoms with Crippen molar-refractivity contribution in [2.45, 2.75) is 58.1 Å². The van der Waals surface area contributed by atoms with E-state index in [1.807, 2.05) is 12.1 Å². The Morgan fingerprint density at radius 2 is 2.29 bits per heavy atom. The van der Waals surface area contributed by atoms with Gasteiger partial charge in [-0.2, -0.15) is 0 Å². The van der Waals surface area contributed by atoms with E-state index in [-0.39, 0.29) is 0 Å². The van der Waals surface area contributed by atoms with Crippen LogP contribution in [0.15, 0.2) is 23.3 Å². The van der Waals surface area contributed by atoms with E-state index in [1.54, 1.807) is 6.20 Å². The Bertz CT molecular complexity index is 455. The van der Waals surface area contributed by atoms with Crippen LogP contribution in [0.25, 0.3) is 0 Å². The zero-order valence-electron chi connectivity index (χ0n) is 12.8. The lowest BCUT2D eigenvalue weighted by molar-refractivity contribution is 0.201. The van der Waals surface area contributed by atoms with Crippen molar-refractivity contribution in [1.82, 2.24) is 10.3 Å². The molecule has 0 radical (unpaired) electrons. The van der Waals surface area contributed by atoms with Gasteiger partial charge in [-0.05, 0) is 43.7 Å². The molecule has 1 aromatic heterocycles. The summed E-state index contributed by atoms with van der Waals surface area (Å²) in [7, 11) is 0. The molecule has 1 heterocycles. The molecule has 0 atom stereocenters. The number of aromatic nitrogens is 1. The zero-order valence-corrected chi connectivity index (χ0v) is 12.8. The number of hydrogen-bond acceptors (Lipinski definition) is 3. The molecule has 1 aliphatic carbocycles. The molecule has 5 nitrogen and oxygen atoms in total. The molecular weight excluding hydrogens is 264 g/mol. The summed E-state index contributed by atoms with van der Waals surface area (Å²) in [5.41, 5.74) is 6.89. The van der Waals surface area contributed by atoms with Gasteiger partial charge in [0.05, 0.1) is 6.54 Å². The van der Waals surface area contributed by atoms with Crippen molar-refractivity contribution >= 4 is 5.96 Å². The number of nitrogens with zero attached hydrogens (tertiary/aromatic N) is 2. The van der Waals surface area contributed by atoms with E-state index in [0.29, 0.717) is 24.5 Å². The van der Waals surface area contributed by atoms with E-state index in [9.17, 15) is 0 Å². The third kappa shape index (κ3) is 5.61. The summed E-state index contributed by atoms with van der Waals surface area (Å²) in [6.45, 7) is 3.57. The number of hydrogen-bond donors (Lipinski definition) is 2. The molecule has 1 fully saturated rings. The topological polar surface area (TPSA) is 72.5 Å². The Balaban J connectivity index is 1.83. The lowest BCUT2D eigenvalue weighted by atomic mass is 10.2. The van der Waals surface area contributed by atoms with Crippen molar-refractivity contribution in [3.63, 3.8) is 0 Å². The minimum Gasteiger partial charge on any atom is -0.474 e. The first kappa shape index (κ1) is 15.6. The fourth-order valence-electron chi connectivity index (χ4n) is 2.42. The van der Waals surface area contributed by atoms with Crippen LogP contribution in [-0.2, 0) is 6.54 Å². The number of ether oxygens (including phenoxy) is 1. The quantitative estimate of drug-likeness (QED) is 0.460. The summed E-state index contributed by atoms with van der Waals surface area (Å²) in [4.78, 5) is 8.61. The Hall–Kier alpha value is -1.78. The number of rotatable bonds is 7. The van der Waals surface area contributed by atoms with Gasteiger partial charge in [-0.1, -0.05) is 13.3 Å². The molecule has 1 aromatic rings. The molecule has 0 aliphatic heterocycles. The molecule has 0 bridgehead atoms. The zero-order chi connectivity index (χ0) is 14.9. The van der Waals surface area contributed by atoms with Crippen molar-refractivity contribution in [2.24, 2.45) is 10.7 Å². The second-order valence-corrected chi connectivity index (χ2v) is 5.51. The van der Waals surface area contributed by atoms with E-state index >= 15 is 0 Å². The van der Waals surface area contributed by atoms with Crippen LogP contribution in [0.4, 0.5) is 0 Å². The van der Waals surface area contributed by atoms with Gasteiger partial charge in [0.1, 0.15) is 6.10 Å². The molecule has 2 rings (SSSR count). The first-order valence-electron chi connectivity index (χ1n) is 7.93. The number of nitrogens with two attached hydrogens (primary N) is 1. The predicted molar refractivity (Wildman–Crippen MR) is 85.4 cm³/mol. The minimum atomic E-state index is 0.331. The SMILES string of the molecule is CCCCNC(N)=NCc1ccnc(OC2CCCC2)c1. The largest absolute Gasteiger partial charge is 0.474 e. The summed E-state index contributed by atoms with van der Waals surface area (Å²) < 4.78 is 5.90. The number of nitrogens with one attached hydrogen (secondary N) is 1. The van der Waals surface area contributed by atoms with Crippen LogP contribution in [0.2, 0.25) is 0 Å². The Morgan fingerprint density at radius 3 is 3.05 bits per heavy atom. The first-order valence-corrected chi connectivity index (χ1v) is 7.93. The van der Waals surface area contributed by atoms with Crippen LogP contribution in [-0.4, -0.2) is 23.6 Å². The Morgan fingerprint density at radius 1 is 1.48 bits per heavy atom. The van der Waals surface area contributed by atoms with Crippen molar-refractivity contribution in [3.8, 4) is 5.88 Å². The summed E-state index contributed by atoms with van der Waals surface area (Å²) in [5.74, 6) is 1.20. The van der Waals surface area contributed by atoms with E-state index in [4.69, 9.17) is 10.5 Å². The molecule has 1 saturated carbocycles. The highest BCUT2D eigenvalue weighted by Gasteiger charge is 2.16. The molecule has 5 heteroatoms. The van der Waals surface area contributed by atoms with Crippen LogP contribution in [0, 0.1) is 0 Å². The average molecular weight is 290 g/mol. The van der Waals surface area contributed by atoms with Gasteiger partial charge in [0, 0.05) is 18.8 Å². The van der Waals surface area contributed by atoms with Gasteiger partial charge < -0.3 is 15.8 Å². The fraction of sp³-hybridized carbons (Fsp3) is 0.625. The lowest BCUT2D eigenvalue weighted by Gasteiger charge is -2.12. The maximum atomic E-state index is 5.90. The highest BCUT2D eigenvalue weighted by molar-refractivity contribution is 5.77. The highest BCUT2D eigenvalue weighted by atomic mass is 16.5. The van der Waals surface area contributed by atoms with Crippen LogP contribution in [0.1, 0.15) is 51.0 Å². The third-order valence-electron chi connectivity index (χ3n) is 3.66. The minimum absolute atomic E-state index is 0.331. The van der Waals surface area contributed by atoms with Gasteiger partial charge in [0.2, 0.25) is 5.88 Å². The normalized spacial score (nSPS) is 16.1. The van der Waals surface area contributed by atoms with Crippen molar-refractivity contribution in [2.75, 3.05) is 6.54 Å². The first-order chi connectivity index (χ1) is 10.3. The number of unbranched alkanes of at least 4 members (excludes halogenated alkanes) is 1. The highest BCUT2D eigenvalue weighted by Crippen LogP contribution is 2.23. The van der Waals surface area contributed by atoms with Crippen LogP contribution < -0.4 is 15.8 Å². The molecule has 0 spiro atoms. The lowest BCUT2D eigenvalue weighted by Crippen LogP contribution is -2.32. The van der Waals surface area contributed by atoms with Gasteiger partial charge >= 0.3 is 0 Å². The summed E-state index contributed by atoms with van der Waals surface area (Å²) in [5, 5.41) is 3.11. The van der Waals surface area contributed by atoms with E-state index in [2.05, 4.69) is 22.2 Å². The number of aliphatic imine (C=N–C) groups is 1. The second kappa shape index (κ2) is 8.49. The molecule has 1 aliphatic rings. The molecule has 3 N–H and O–H groups in total. The second-order valence-electron chi connectivity index (χ2n) is 5.51. The average Bonchev–Trinajstić information content (AvgIpc) is 2.99. The smallest absolute Gasteiger partial charge is 0.213 e. The van der Waals surface area contributed by atoms with Gasteiger partial charge in [-0.25, -0.2) is 9.98 Å². The summed E-state index contributed by atoms with van der Waals surface area (Å²) in [6.07, 6.45) is 9.14. The van der Waals surface area contributed by atoms with E-state index in [1.165, 1.54) is 12.8 Å². The molecular formula is C16H26N4O. The number of guanidine groups is 1. The maximum Gasteiger partial charge on any atom is 0.213 e. The predicted octanol–water partition coefficient (Wildman–Crippen LogP) is 2.61. The van der Waals surface area contributed by atoms with Crippen LogP contribution in [0.5, 0.6) is 5.88 Å². The monoisotopic (exact) mass is 290 g/mol. The maximum absolute atomic E-state index is 5.90. The number of pyridine rings is 1. The molecule has 0 saturated heterocycles. The van der Waals surface area contributed by atoms with Gasteiger partial charge in [0.15, 0.2) is 5.96 Å². The summed E-state index contributed by atoms with van der Waals surface area (Å²) in [6, 6.07) is 3.91. The third-order valence-corrected chi connectivity index (χ3v) is 3.66. The molecule has 0 amide bonds. The van der Waals surface area contributed by atoms with Gasteiger partial charge in [0.25, 0.3) is 0 Å². The Labute approximate surface area is 127 Å². The van der Waals surface area contributed by atoms with Gasteiger partial charge in [-0.15, -0.1) is 0 Å².